The lowest BCUT2D eigenvalue weighted by molar-refractivity contribution is -0.131. The van der Waals surface area contributed by atoms with E-state index in [-0.39, 0.29) is 5.91 Å². The molecular weight excluding hydrogens is 398 g/mol. The van der Waals surface area contributed by atoms with Crippen LogP contribution < -0.4 is 15.9 Å². The van der Waals surface area contributed by atoms with E-state index in [2.05, 4.69) is 15.3 Å². The molecule has 1 aromatic carbocycles. The summed E-state index contributed by atoms with van der Waals surface area (Å²) in [6, 6.07) is 1.35. The van der Waals surface area contributed by atoms with Gasteiger partial charge in [0, 0.05) is 35.7 Å². The molecule has 3 aliphatic rings. The largest absolute Gasteiger partial charge is 0.388 e. The Morgan fingerprint density at radius 1 is 1.34 bits per heavy atom. The molecule has 0 radical (unpaired) electrons. The van der Waals surface area contributed by atoms with Gasteiger partial charge < -0.3 is 15.3 Å². The number of amides is 1. The number of hydrogen-bond acceptors (Lipinski definition) is 6. The van der Waals surface area contributed by atoms with Crippen LogP contribution in [0.1, 0.15) is 29.8 Å². The second kappa shape index (κ2) is 6.84. The minimum Gasteiger partial charge on any atom is -0.388 e. The molecule has 2 aliphatic heterocycles. The molecule has 3 heterocycles. The fourth-order valence-corrected chi connectivity index (χ4v) is 4.95. The number of nitrogens with zero attached hydrogens (tertiary/aromatic N) is 3. The zero-order chi connectivity index (χ0) is 20.2. The molecule has 1 unspecified atom stereocenters. The van der Waals surface area contributed by atoms with Crippen LogP contribution in [0.15, 0.2) is 17.1 Å². The van der Waals surface area contributed by atoms with Crippen LogP contribution in [0.5, 0.6) is 0 Å². The Labute approximate surface area is 169 Å². The van der Waals surface area contributed by atoms with Gasteiger partial charge in [-0.05, 0) is 31.4 Å². The predicted octanol–water partition coefficient (Wildman–Crippen LogP) is 1.12. The lowest BCUT2D eigenvalue weighted by Crippen LogP contribution is -2.43. The molecule has 29 heavy (non-hydrogen) atoms. The quantitative estimate of drug-likeness (QED) is 0.780. The number of fused-ring (bicyclic) bond motifs is 2. The Balaban J connectivity index is 1.28. The van der Waals surface area contributed by atoms with Gasteiger partial charge in [0.1, 0.15) is 6.04 Å². The van der Waals surface area contributed by atoms with E-state index in [0.717, 1.165) is 47.1 Å². The fraction of sp³-hybridized carbons (Fsp3) is 0.450. The maximum absolute atomic E-state index is 13.4. The summed E-state index contributed by atoms with van der Waals surface area (Å²) >= 11 is 1.50. The number of halogens is 2. The SMILES string of the molecule is O=C(C1C=c2cc(F)c(F)cc2=N1)N1CCc2nc(NCC3(O)CCC3)sc2C1. The second-order valence-corrected chi connectivity index (χ2v) is 8.98. The minimum absolute atomic E-state index is 0.181. The molecule has 152 valence electrons. The van der Waals surface area contributed by atoms with Crippen molar-refractivity contribution in [2.75, 3.05) is 18.4 Å². The Morgan fingerprint density at radius 3 is 2.90 bits per heavy atom. The molecule has 5 rings (SSSR count). The molecule has 1 atom stereocenters. The van der Waals surface area contributed by atoms with Crippen molar-refractivity contribution >= 4 is 28.5 Å². The molecule has 0 spiro atoms. The highest BCUT2D eigenvalue weighted by atomic mass is 32.1. The van der Waals surface area contributed by atoms with Crippen LogP contribution in [0.3, 0.4) is 0 Å². The van der Waals surface area contributed by atoms with E-state index in [1.54, 1.807) is 11.0 Å². The molecule has 2 N–H and O–H groups in total. The van der Waals surface area contributed by atoms with E-state index < -0.39 is 23.3 Å². The van der Waals surface area contributed by atoms with Crippen molar-refractivity contribution in [3.05, 3.63) is 44.9 Å². The zero-order valence-electron chi connectivity index (χ0n) is 15.6. The van der Waals surface area contributed by atoms with Crippen molar-refractivity contribution < 1.29 is 18.7 Å². The Morgan fingerprint density at radius 2 is 2.14 bits per heavy atom. The lowest BCUT2D eigenvalue weighted by Gasteiger charge is -2.36. The van der Waals surface area contributed by atoms with Gasteiger partial charge in [-0.2, -0.15) is 0 Å². The van der Waals surface area contributed by atoms with Crippen LogP contribution in [0.2, 0.25) is 0 Å². The molecule has 1 aromatic heterocycles. The molecule has 9 heteroatoms. The number of anilines is 1. The standard InChI is InChI=1S/C20H20F2N4O2S/c21-12-6-11-7-16(24-15(11)8-13(12)22)18(27)26-5-2-14-17(9-26)29-19(25-14)23-10-20(28)3-1-4-20/h6-8,16,28H,1-5,9-10H2,(H,23,25). The molecule has 2 aromatic rings. The van der Waals surface area contributed by atoms with E-state index >= 15 is 0 Å². The van der Waals surface area contributed by atoms with E-state index in [1.165, 1.54) is 11.3 Å². The molecule has 1 fully saturated rings. The van der Waals surface area contributed by atoms with Crippen LogP contribution in [-0.4, -0.2) is 45.6 Å². The third kappa shape index (κ3) is 3.42. The highest BCUT2D eigenvalue weighted by Gasteiger charge is 2.34. The van der Waals surface area contributed by atoms with Gasteiger partial charge in [0.15, 0.2) is 16.8 Å². The first-order valence-corrected chi connectivity index (χ1v) is 10.5. The average Bonchev–Trinajstić information content (AvgIpc) is 3.27. The third-order valence-corrected chi connectivity index (χ3v) is 6.87. The first-order valence-electron chi connectivity index (χ1n) is 9.69. The lowest BCUT2D eigenvalue weighted by atomic mass is 9.80. The first-order chi connectivity index (χ1) is 13.9. The van der Waals surface area contributed by atoms with Crippen molar-refractivity contribution in [2.45, 2.75) is 43.9 Å². The van der Waals surface area contributed by atoms with Crippen molar-refractivity contribution in [3.63, 3.8) is 0 Å². The van der Waals surface area contributed by atoms with Crippen LogP contribution in [0.4, 0.5) is 13.9 Å². The number of rotatable bonds is 4. The molecule has 1 amide bonds. The van der Waals surface area contributed by atoms with Gasteiger partial charge in [0.25, 0.3) is 5.91 Å². The van der Waals surface area contributed by atoms with Gasteiger partial charge in [-0.25, -0.2) is 13.8 Å². The number of carbonyl (C=O) groups is 1. The molecule has 6 nitrogen and oxygen atoms in total. The zero-order valence-corrected chi connectivity index (χ0v) is 16.4. The van der Waals surface area contributed by atoms with Gasteiger partial charge >= 0.3 is 0 Å². The number of aliphatic hydroxyl groups is 1. The summed E-state index contributed by atoms with van der Waals surface area (Å²) in [5.74, 6) is -2.09. The average molecular weight is 418 g/mol. The van der Waals surface area contributed by atoms with Gasteiger partial charge in [-0.3, -0.25) is 9.79 Å². The Hall–Kier alpha value is -2.39. The van der Waals surface area contributed by atoms with Crippen molar-refractivity contribution in [3.8, 4) is 0 Å². The van der Waals surface area contributed by atoms with E-state index in [0.29, 0.717) is 36.6 Å². The van der Waals surface area contributed by atoms with Crippen LogP contribution in [-0.2, 0) is 17.8 Å². The summed E-state index contributed by atoms with van der Waals surface area (Å²) in [5, 5.41) is 15.0. The van der Waals surface area contributed by atoms with E-state index in [1.807, 2.05) is 0 Å². The van der Waals surface area contributed by atoms with Crippen LogP contribution in [0.25, 0.3) is 6.08 Å². The predicted molar refractivity (Wildman–Crippen MR) is 104 cm³/mol. The highest BCUT2D eigenvalue weighted by Crippen LogP contribution is 2.33. The molecule has 0 bridgehead atoms. The first kappa shape index (κ1) is 18.6. The number of hydrogen-bond donors (Lipinski definition) is 2. The molecule has 1 saturated carbocycles. The van der Waals surface area contributed by atoms with Crippen LogP contribution >= 0.6 is 11.3 Å². The summed E-state index contributed by atoms with van der Waals surface area (Å²) in [5.41, 5.74) is 0.351. The molecule has 0 saturated heterocycles. The number of benzene rings is 1. The summed E-state index contributed by atoms with van der Waals surface area (Å²) in [4.78, 5) is 24.5. The number of carbonyl (C=O) groups excluding carboxylic acids is 1. The van der Waals surface area contributed by atoms with Gasteiger partial charge in [0.2, 0.25) is 0 Å². The molecule has 1 aliphatic carbocycles. The van der Waals surface area contributed by atoms with Gasteiger partial charge in [0.05, 0.1) is 23.2 Å². The topological polar surface area (TPSA) is 77.8 Å². The maximum atomic E-state index is 13.4. The van der Waals surface area contributed by atoms with Gasteiger partial charge in [-0.15, -0.1) is 0 Å². The summed E-state index contributed by atoms with van der Waals surface area (Å²) in [6.45, 7) is 1.46. The summed E-state index contributed by atoms with van der Waals surface area (Å²) in [6.07, 6.45) is 4.90. The Bertz CT molecular complexity index is 1070. The van der Waals surface area contributed by atoms with E-state index in [4.69, 9.17) is 0 Å². The smallest absolute Gasteiger partial charge is 0.251 e. The highest BCUT2D eigenvalue weighted by molar-refractivity contribution is 7.15. The number of aromatic nitrogens is 1. The fourth-order valence-electron chi connectivity index (χ4n) is 3.93. The van der Waals surface area contributed by atoms with Crippen molar-refractivity contribution in [2.24, 2.45) is 4.99 Å². The third-order valence-electron chi connectivity index (χ3n) is 5.83. The van der Waals surface area contributed by atoms with E-state index in [9.17, 15) is 18.7 Å². The van der Waals surface area contributed by atoms with Crippen molar-refractivity contribution in [1.29, 1.82) is 0 Å². The summed E-state index contributed by atoms with van der Waals surface area (Å²) < 4.78 is 26.8. The Kier molecular flexibility index (Phi) is 4.40. The second-order valence-electron chi connectivity index (χ2n) is 7.90. The minimum atomic E-state index is -0.965. The number of thiazole rings is 1. The van der Waals surface area contributed by atoms with Crippen LogP contribution in [0, 0.1) is 11.6 Å². The summed E-state index contributed by atoms with van der Waals surface area (Å²) in [7, 11) is 0. The van der Waals surface area contributed by atoms with Crippen molar-refractivity contribution in [1.82, 2.24) is 9.88 Å². The maximum Gasteiger partial charge on any atom is 0.251 e. The van der Waals surface area contributed by atoms with Gasteiger partial charge in [-0.1, -0.05) is 11.3 Å². The normalized spacial score (nSPS) is 21.5. The number of nitrogens with one attached hydrogen (secondary N) is 1. The monoisotopic (exact) mass is 418 g/mol. The molecular formula is C20H20F2N4O2S.